The molecule has 0 saturated heterocycles. The molecule has 4 heteroatoms. The minimum absolute atomic E-state index is 0.0187. The first-order chi connectivity index (χ1) is 9.51. The van der Waals surface area contributed by atoms with Crippen LogP contribution in [0.15, 0.2) is 28.7 Å². The molecule has 0 bridgehead atoms. The van der Waals surface area contributed by atoms with Crippen molar-refractivity contribution in [1.29, 1.82) is 0 Å². The molecule has 1 amide bonds. The molecule has 2 aliphatic carbocycles. The van der Waals surface area contributed by atoms with Gasteiger partial charge in [0.1, 0.15) is 0 Å². The Morgan fingerprint density at radius 3 is 2.30 bits per heavy atom. The van der Waals surface area contributed by atoms with Crippen LogP contribution in [0, 0.1) is 0 Å². The molecule has 2 saturated carbocycles. The molecule has 2 aliphatic rings. The number of aliphatic hydroxyl groups is 1. The van der Waals surface area contributed by atoms with E-state index in [-0.39, 0.29) is 17.9 Å². The molecular formula is C16H20BrNO2. The summed E-state index contributed by atoms with van der Waals surface area (Å²) in [5.74, 6) is -0.0187. The van der Waals surface area contributed by atoms with Gasteiger partial charge in [0, 0.05) is 4.47 Å². The van der Waals surface area contributed by atoms with Gasteiger partial charge < -0.3 is 10.4 Å². The minimum atomic E-state index is -0.764. The quantitative estimate of drug-likeness (QED) is 0.885. The van der Waals surface area contributed by atoms with Crippen LogP contribution in [0.5, 0.6) is 0 Å². The molecule has 0 aromatic heterocycles. The van der Waals surface area contributed by atoms with Crippen LogP contribution in [-0.4, -0.2) is 16.6 Å². The molecule has 1 aromatic carbocycles. The van der Waals surface area contributed by atoms with Crippen molar-refractivity contribution in [1.82, 2.24) is 5.32 Å². The van der Waals surface area contributed by atoms with Gasteiger partial charge in [-0.15, -0.1) is 0 Å². The average Bonchev–Trinajstić information content (AvgIpc) is 3.04. The third kappa shape index (κ3) is 2.91. The maximum Gasteiger partial charge on any atom is 0.223 e. The number of carbonyl (C=O) groups is 1. The second-order valence-electron chi connectivity index (χ2n) is 6.25. The minimum Gasteiger partial charge on any atom is -0.389 e. The number of rotatable bonds is 4. The van der Waals surface area contributed by atoms with Gasteiger partial charge in [-0.2, -0.15) is 0 Å². The van der Waals surface area contributed by atoms with E-state index < -0.39 is 5.60 Å². The third-order valence-corrected chi connectivity index (χ3v) is 5.08. The summed E-state index contributed by atoms with van der Waals surface area (Å²) in [6, 6.07) is 8.13. The Morgan fingerprint density at radius 2 is 1.75 bits per heavy atom. The van der Waals surface area contributed by atoms with Gasteiger partial charge in [0.15, 0.2) is 0 Å². The molecule has 0 heterocycles. The van der Waals surface area contributed by atoms with Crippen LogP contribution in [0.25, 0.3) is 0 Å². The lowest BCUT2D eigenvalue weighted by atomic mass is 9.96. The van der Waals surface area contributed by atoms with Crippen molar-refractivity contribution in [3.8, 4) is 0 Å². The molecule has 0 radical (unpaired) electrons. The standard InChI is InChI=1S/C16H20BrNO2/c17-13-5-3-12(4-6-13)16(9-10-16)18-14(19)11-15(20)7-1-2-8-15/h3-6,20H,1-2,7-11H2,(H,18,19). The van der Waals surface area contributed by atoms with Crippen LogP contribution in [0.4, 0.5) is 0 Å². The molecule has 0 unspecified atom stereocenters. The third-order valence-electron chi connectivity index (χ3n) is 4.55. The van der Waals surface area contributed by atoms with Crippen molar-refractivity contribution < 1.29 is 9.90 Å². The fourth-order valence-corrected chi connectivity index (χ4v) is 3.46. The van der Waals surface area contributed by atoms with Crippen LogP contribution in [0.2, 0.25) is 0 Å². The smallest absolute Gasteiger partial charge is 0.223 e. The van der Waals surface area contributed by atoms with Crippen LogP contribution < -0.4 is 5.32 Å². The summed E-state index contributed by atoms with van der Waals surface area (Å²) < 4.78 is 1.05. The van der Waals surface area contributed by atoms with E-state index in [9.17, 15) is 9.90 Å². The summed E-state index contributed by atoms with van der Waals surface area (Å²) >= 11 is 3.43. The van der Waals surface area contributed by atoms with Crippen molar-refractivity contribution in [3.05, 3.63) is 34.3 Å². The van der Waals surface area contributed by atoms with Gasteiger partial charge in [0.25, 0.3) is 0 Å². The monoisotopic (exact) mass is 337 g/mol. The van der Waals surface area contributed by atoms with Crippen molar-refractivity contribution in [3.63, 3.8) is 0 Å². The normalized spacial score (nSPS) is 22.5. The average molecular weight is 338 g/mol. The first-order valence-corrected chi connectivity index (χ1v) is 8.10. The Kier molecular flexibility index (Phi) is 3.63. The summed E-state index contributed by atoms with van der Waals surface area (Å²) in [5, 5.41) is 13.5. The number of halogens is 1. The van der Waals surface area contributed by atoms with E-state index in [1.165, 1.54) is 0 Å². The molecule has 20 heavy (non-hydrogen) atoms. The molecule has 2 fully saturated rings. The maximum atomic E-state index is 12.2. The topological polar surface area (TPSA) is 49.3 Å². The summed E-state index contributed by atoms with van der Waals surface area (Å²) in [5.41, 5.74) is 0.208. The largest absolute Gasteiger partial charge is 0.389 e. The van der Waals surface area contributed by atoms with Crippen molar-refractivity contribution in [2.75, 3.05) is 0 Å². The van der Waals surface area contributed by atoms with Crippen molar-refractivity contribution >= 4 is 21.8 Å². The number of benzene rings is 1. The first-order valence-electron chi connectivity index (χ1n) is 7.31. The van der Waals surface area contributed by atoms with E-state index >= 15 is 0 Å². The molecular weight excluding hydrogens is 318 g/mol. The zero-order valence-electron chi connectivity index (χ0n) is 11.5. The fourth-order valence-electron chi connectivity index (χ4n) is 3.20. The number of hydrogen-bond acceptors (Lipinski definition) is 2. The summed E-state index contributed by atoms with van der Waals surface area (Å²) in [6.07, 6.45) is 5.78. The van der Waals surface area contributed by atoms with Gasteiger partial charge in [-0.1, -0.05) is 40.9 Å². The number of nitrogens with one attached hydrogen (secondary N) is 1. The number of amides is 1. The highest BCUT2D eigenvalue weighted by atomic mass is 79.9. The van der Waals surface area contributed by atoms with Crippen LogP contribution in [0.3, 0.4) is 0 Å². The van der Waals surface area contributed by atoms with Crippen LogP contribution in [-0.2, 0) is 10.3 Å². The highest BCUT2D eigenvalue weighted by Crippen LogP contribution is 2.46. The maximum absolute atomic E-state index is 12.2. The van der Waals surface area contributed by atoms with Gasteiger partial charge >= 0.3 is 0 Å². The van der Waals surface area contributed by atoms with E-state index in [4.69, 9.17) is 0 Å². The lowest BCUT2D eigenvalue weighted by molar-refractivity contribution is -0.127. The van der Waals surface area contributed by atoms with Gasteiger partial charge in [0.05, 0.1) is 17.6 Å². The van der Waals surface area contributed by atoms with E-state index in [2.05, 4.69) is 33.4 Å². The lowest BCUT2D eigenvalue weighted by Gasteiger charge is -2.24. The molecule has 108 valence electrons. The fraction of sp³-hybridized carbons (Fsp3) is 0.562. The lowest BCUT2D eigenvalue weighted by Crippen LogP contribution is -2.40. The summed E-state index contributed by atoms with van der Waals surface area (Å²) in [6.45, 7) is 0. The predicted molar refractivity (Wildman–Crippen MR) is 81.2 cm³/mol. The zero-order valence-corrected chi connectivity index (χ0v) is 13.1. The van der Waals surface area contributed by atoms with Gasteiger partial charge in [0.2, 0.25) is 5.91 Å². The van der Waals surface area contributed by atoms with Crippen LogP contribution >= 0.6 is 15.9 Å². The second kappa shape index (κ2) is 5.15. The molecule has 0 atom stereocenters. The van der Waals surface area contributed by atoms with Crippen LogP contribution in [0.1, 0.15) is 50.5 Å². The Labute approximate surface area is 127 Å². The number of hydrogen-bond donors (Lipinski definition) is 2. The zero-order chi connectivity index (χ0) is 14.2. The predicted octanol–water partition coefficient (Wildman–Crippen LogP) is 3.25. The molecule has 0 aliphatic heterocycles. The van der Waals surface area contributed by atoms with Gasteiger partial charge in [-0.25, -0.2) is 0 Å². The molecule has 1 aromatic rings. The Morgan fingerprint density at radius 1 is 1.15 bits per heavy atom. The van der Waals surface area contributed by atoms with Gasteiger partial charge in [-0.05, 0) is 43.4 Å². The Balaban J connectivity index is 1.65. The highest BCUT2D eigenvalue weighted by Gasteiger charge is 2.46. The Hall–Kier alpha value is -0.870. The molecule has 3 nitrogen and oxygen atoms in total. The number of carbonyl (C=O) groups excluding carboxylic acids is 1. The molecule has 3 rings (SSSR count). The molecule has 0 spiro atoms. The van der Waals surface area contributed by atoms with E-state index in [1.807, 2.05) is 12.1 Å². The van der Waals surface area contributed by atoms with E-state index in [0.717, 1.165) is 48.6 Å². The second-order valence-corrected chi connectivity index (χ2v) is 7.16. The SMILES string of the molecule is O=C(CC1(O)CCCC1)NC1(c2ccc(Br)cc2)CC1. The van der Waals surface area contributed by atoms with Crippen molar-refractivity contribution in [2.24, 2.45) is 0 Å². The Bertz CT molecular complexity index is 502. The van der Waals surface area contributed by atoms with E-state index in [1.54, 1.807) is 0 Å². The molecule has 2 N–H and O–H groups in total. The first kappa shape index (κ1) is 14.1. The summed E-state index contributed by atoms with van der Waals surface area (Å²) in [7, 11) is 0. The highest BCUT2D eigenvalue weighted by molar-refractivity contribution is 9.10. The van der Waals surface area contributed by atoms with Gasteiger partial charge in [-0.3, -0.25) is 4.79 Å². The van der Waals surface area contributed by atoms with Crippen molar-refractivity contribution in [2.45, 2.75) is 56.1 Å². The van der Waals surface area contributed by atoms with E-state index in [0.29, 0.717) is 0 Å². The summed E-state index contributed by atoms with van der Waals surface area (Å²) in [4.78, 5) is 12.2.